The fourth-order valence-corrected chi connectivity index (χ4v) is 14.3. The smallest absolute Gasteiger partial charge is 0.339 e. The van der Waals surface area contributed by atoms with Crippen molar-refractivity contribution in [1.82, 2.24) is 9.80 Å². The van der Waals surface area contributed by atoms with Crippen molar-refractivity contribution in [3.05, 3.63) is 70.1 Å². The average molecular weight is 720 g/mol. The van der Waals surface area contributed by atoms with Crippen molar-refractivity contribution >= 4 is 11.9 Å². The lowest BCUT2D eigenvalue weighted by Gasteiger charge is -2.69. The van der Waals surface area contributed by atoms with Crippen LogP contribution in [0.15, 0.2) is 53.5 Å². The molecule has 8 heterocycles. The lowest BCUT2D eigenvalue weighted by molar-refractivity contribution is -0.271. The van der Waals surface area contributed by atoms with Gasteiger partial charge < -0.3 is 20.1 Å². The third-order valence-corrected chi connectivity index (χ3v) is 16.1. The van der Waals surface area contributed by atoms with Gasteiger partial charge in [0.05, 0.1) is 11.0 Å². The Balaban J connectivity index is 1.19. The lowest BCUT2D eigenvalue weighted by Crippen LogP contribution is -2.75. The van der Waals surface area contributed by atoms with E-state index in [4.69, 9.17) is 15.2 Å². The molecule has 1 aromatic carbocycles. The molecule has 8 bridgehead atoms. The predicted octanol–water partition coefficient (Wildman–Crippen LogP) is 8.04. The summed E-state index contributed by atoms with van der Waals surface area (Å²) >= 11 is 0. The van der Waals surface area contributed by atoms with Crippen LogP contribution in [0.3, 0.4) is 0 Å². The van der Waals surface area contributed by atoms with Crippen LogP contribution in [0.1, 0.15) is 125 Å². The molecule has 7 heteroatoms. The Hall–Kier alpha value is -2.90. The lowest BCUT2D eigenvalue weighted by atomic mass is 9.31. The van der Waals surface area contributed by atoms with Crippen molar-refractivity contribution in [3.63, 3.8) is 0 Å². The summed E-state index contributed by atoms with van der Waals surface area (Å²) in [7, 11) is 0. The normalized spacial score (nSPS) is 41.4. The number of hydrogen-bond donors (Lipinski definition) is 1. The molecule has 284 valence electrons. The first-order chi connectivity index (χ1) is 25.8. The minimum Gasteiger partial charge on any atom is -0.449 e. The zero-order valence-corrected chi connectivity index (χ0v) is 32.3. The second kappa shape index (κ2) is 12.8. The van der Waals surface area contributed by atoms with Crippen molar-refractivity contribution in [2.24, 2.45) is 52.1 Å². The van der Waals surface area contributed by atoms with Gasteiger partial charge in [-0.25, -0.2) is 4.79 Å². The third kappa shape index (κ3) is 4.71. The number of piperidine rings is 2. The van der Waals surface area contributed by atoms with E-state index in [2.05, 4.69) is 60.1 Å². The molecule has 4 aliphatic carbocycles. The molecule has 7 nitrogen and oxygen atoms in total. The first-order valence-electron chi connectivity index (χ1n) is 21.7. The Labute approximate surface area is 316 Å². The molecule has 3 saturated heterocycles. The fraction of sp³-hybridized carbons (Fsp3) is 0.696. The van der Waals surface area contributed by atoms with Crippen LogP contribution in [0, 0.1) is 46.3 Å². The highest BCUT2D eigenvalue weighted by molar-refractivity contribution is 5.99. The number of aryl methyl sites for hydroxylation is 1. The highest BCUT2D eigenvalue weighted by Gasteiger charge is 2.91. The number of carbonyl (C=O) groups excluding carboxylic acids is 2. The quantitative estimate of drug-likeness (QED) is 0.235. The standard InChI is InChI=1S/C46H61N3O4/c1-3-9-39-44-24-34-19-20-45(44,46(39)36-14-7-12-33(13-8-21-47)41(36)42(50)53-46)40(52-43(44)51)18-17-37(32-10-5-4-6-11-32)48-25-30-23-31(26-48)28-49(27-30)38-16-15-29(2)22-35(34)38/h7,12,14,16,18,24,29-32,35,37,39H,3-6,8-11,13,15,17,19-23,25-28,47H2,1-2H3. The first kappa shape index (κ1) is 34.6. The van der Waals surface area contributed by atoms with Crippen molar-refractivity contribution in [1.29, 1.82) is 0 Å². The zero-order chi connectivity index (χ0) is 36.1. The van der Waals surface area contributed by atoms with Crippen LogP contribution in [0.25, 0.3) is 0 Å². The van der Waals surface area contributed by atoms with E-state index in [0.29, 0.717) is 42.2 Å². The minimum absolute atomic E-state index is 0.105. The highest BCUT2D eigenvalue weighted by Crippen LogP contribution is 2.84. The molecule has 0 amide bonds. The summed E-state index contributed by atoms with van der Waals surface area (Å²) in [5.74, 6) is 3.27. The highest BCUT2D eigenvalue weighted by atomic mass is 16.6. The molecule has 2 spiro atoms. The number of benzene rings is 1. The van der Waals surface area contributed by atoms with E-state index < -0.39 is 16.4 Å². The molecule has 12 aliphatic rings. The zero-order valence-electron chi connectivity index (χ0n) is 32.3. The van der Waals surface area contributed by atoms with Gasteiger partial charge in [-0.2, -0.15) is 0 Å². The predicted molar refractivity (Wildman–Crippen MR) is 205 cm³/mol. The SMILES string of the molecule is CCCC1C23C=C4CCC2(C(=CCC(C2CCCCC2)N2CC5CC(CN(C5)C5=CCC(C)CC45)C2)OC3=O)C12OC(=O)c1c(CCCN)cccc12. The van der Waals surface area contributed by atoms with Crippen molar-refractivity contribution in [2.75, 3.05) is 32.7 Å². The molecule has 0 radical (unpaired) electrons. The third-order valence-electron chi connectivity index (χ3n) is 16.1. The van der Waals surface area contributed by atoms with E-state index in [1.807, 2.05) is 0 Å². The molecule has 0 aromatic heterocycles. The molecule has 2 saturated carbocycles. The van der Waals surface area contributed by atoms with Crippen LogP contribution in [0.4, 0.5) is 0 Å². The van der Waals surface area contributed by atoms with Crippen LogP contribution in [0.2, 0.25) is 0 Å². The number of esters is 2. The fourth-order valence-electron chi connectivity index (χ4n) is 14.3. The largest absolute Gasteiger partial charge is 0.449 e. The number of fused-ring (bicyclic) bond motifs is 2. The molecule has 13 rings (SSSR count). The number of ether oxygens (including phenoxy) is 2. The second-order valence-corrected chi connectivity index (χ2v) is 18.9. The van der Waals surface area contributed by atoms with E-state index in [1.165, 1.54) is 62.9 Å². The van der Waals surface area contributed by atoms with E-state index in [1.54, 1.807) is 0 Å². The van der Waals surface area contributed by atoms with Crippen molar-refractivity contribution < 1.29 is 19.1 Å². The molecule has 5 fully saturated rings. The van der Waals surface area contributed by atoms with E-state index >= 15 is 4.79 Å². The van der Waals surface area contributed by atoms with Gasteiger partial charge in [0.25, 0.3) is 0 Å². The van der Waals surface area contributed by atoms with E-state index in [0.717, 1.165) is 93.3 Å². The van der Waals surface area contributed by atoms with Gasteiger partial charge >= 0.3 is 11.9 Å². The maximum Gasteiger partial charge on any atom is 0.339 e. The maximum atomic E-state index is 15.1. The summed E-state index contributed by atoms with van der Waals surface area (Å²) in [5.41, 5.74) is 9.16. The van der Waals surface area contributed by atoms with Gasteiger partial charge in [0, 0.05) is 55.3 Å². The Morgan fingerprint density at radius 2 is 1.79 bits per heavy atom. The molecule has 2 N–H and O–H groups in total. The number of nitrogens with two attached hydrogens (primary N) is 1. The van der Waals surface area contributed by atoms with Crippen LogP contribution in [-0.4, -0.2) is 60.5 Å². The Morgan fingerprint density at radius 1 is 0.981 bits per heavy atom. The van der Waals surface area contributed by atoms with Gasteiger partial charge in [0.2, 0.25) is 0 Å². The van der Waals surface area contributed by atoms with Crippen LogP contribution in [0.5, 0.6) is 0 Å². The molecule has 8 aliphatic heterocycles. The van der Waals surface area contributed by atoms with Gasteiger partial charge in [-0.05, 0) is 112 Å². The summed E-state index contributed by atoms with van der Waals surface area (Å²) in [4.78, 5) is 35.2. The van der Waals surface area contributed by atoms with Crippen molar-refractivity contribution in [2.45, 2.75) is 122 Å². The monoisotopic (exact) mass is 719 g/mol. The van der Waals surface area contributed by atoms with Gasteiger partial charge in [-0.1, -0.05) is 75.5 Å². The molecule has 1 aromatic rings. The van der Waals surface area contributed by atoms with Gasteiger partial charge in [0.1, 0.15) is 11.2 Å². The number of carbonyl (C=O) groups is 2. The van der Waals surface area contributed by atoms with Crippen LogP contribution < -0.4 is 5.73 Å². The van der Waals surface area contributed by atoms with E-state index in [-0.39, 0.29) is 17.9 Å². The minimum atomic E-state index is -0.928. The molecular formula is C46H61N3O4. The van der Waals surface area contributed by atoms with E-state index in [9.17, 15) is 4.79 Å². The topological polar surface area (TPSA) is 85.1 Å². The average Bonchev–Trinajstić information content (AvgIpc) is 3.61. The maximum absolute atomic E-state index is 15.1. The molecular weight excluding hydrogens is 659 g/mol. The van der Waals surface area contributed by atoms with Crippen LogP contribution in [-0.2, 0) is 26.3 Å². The van der Waals surface area contributed by atoms with Crippen LogP contribution >= 0.6 is 0 Å². The summed E-state index contributed by atoms with van der Waals surface area (Å²) in [6, 6.07) is 6.79. The Kier molecular flexibility index (Phi) is 8.37. The van der Waals surface area contributed by atoms with Crippen molar-refractivity contribution in [3.8, 4) is 0 Å². The summed E-state index contributed by atoms with van der Waals surface area (Å²) in [6.45, 7) is 9.85. The van der Waals surface area contributed by atoms with Gasteiger partial charge in [0.15, 0.2) is 5.60 Å². The summed E-state index contributed by atoms with van der Waals surface area (Å²) < 4.78 is 13.8. The number of hydrogen-bond acceptors (Lipinski definition) is 7. The molecule has 53 heavy (non-hydrogen) atoms. The Morgan fingerprint density at radius 3 is 2.57 bits per heavy atom. The second-order valence-electron chi connectivity index (χ2n) is 18.9. The Bertz CT molecular complexity index is 1760. The molecule has 9 unspecified atom stereocenters. The number of allylic oxidation sites excluding steroid dienone is 2. The first-order valence-corrected chi connectivity index (χ1v) is 21.7. The van der Waals surface area contributed by atoms with Gasteiger partial charge in [-0.3, -0.25) is 9.69 Å². The summed E-state index contributed by atoms with van der Waals surface area (Å²) in [6.07, 6.45) is 23.4. The van der Waals surface area contributed by atoms with Gasteiger partial charge in [-0.15, -0.1) is 0 Å². The number of rotatable bonds is 6. The summed E-state index contributed by atoms with van der Waals surface area (Å²) in [5, 5.41) is 0. The molecule has 9 atom stereocenters. The number of nitrogens with zero attached hydrogens (tertiary/aromatic N) is 2.